The predicted molar refractivity (Wildman–Crippen MR) is 53.8 cm³/mol. The second kappa shape index (κ2) is 3.90. The third-order valence-corrected chi connectivity index (χ3v) is 1.13. The fourth-order valence-electron chi connectivity index (χ4n) is 0.639. The van der Waals surface area contributed by atoms with Crippen LogP contribution in [-0.4, -0.2) is 16.7 Å². The van der Waals surface area contributed by atoms with Crippen LogP contribution in [0.5, 0.6) is 0 Å². The molecule has 0 aromatic rings. The Morgan fingerprint density at radius 3 is 2.00 bits per heavy atom. The zero-order chi connectivity index (χ0) is 9.07. The molecule has 0 aliphatic rings. The Morgan fingerprint density at radius 1 is 1.27 bits per heavy atom. The van der Waals surface area contributed by atoms with Gasteiger partial charge in [0.15, 0.2) is 5.11 Å². The van der Waals surface area contributed by atoms with Crippen molar-refractivity contribution < 1.29 is 0 Å². The zero-order valence-electron chi connectivity index (χ0n) is 7.99. The molecule has 0 saturated heterocycles. The first-order valence-corrected chi connectivity index (χ1v) is 4.31. The quantitative estimate of drug-likeness (QED) is 0.591. The third kappa shape index (κ3) is 7.59. The zero-order valence-corrected chi connectivity index (χ0v) is 8.80. The Labute approximate surface area is 74.8 Å². The highest BCUT2D eigenvalue weighted by atomic mass is 32.1. The minimum absolute atomic E-state index is 0.0545. The van der Waals surface area contributed by atoms with E-state index >= 15 is 0 Å². The average molecular weight is 174 g/mol. The highest BCUT2D eigenvalue weighted by Gasteiger charge is 2.10. The maximum atomic E-state index is 5.06. The van der Waals surface area contributed by atoms with Gasteiger partial charge in [0, 0.05) is 11.6 Å². The molecule has 66 valence electrons. The summed E-state index contributed by atoms with van der Waals surface area (Å²) in [5.74, 6) is 0. The van der Waals surface area contributed by atoms with Crippen LogP contribution in [0.2, 0.25) is 0 Å². The van der Waals surface area contributed by atoms with Crippen molar-refractivity contribution in [1.29, 1.82) is 0 Å². The van der Waals surface area contributed by atoms with Gasteiger partial charge in [0.25, 0.3) is 0 Å². The molecule has 3 heteroatoms. The maximum Gasteiger partial charge on any atom is 0.166 e. The first kappa shape index (κ1) is 10.7. The summed E-state index contributed by atoms with van der Waals surface area (Å²) in [6, 6.07) is 0.400. The van der Waals surface area contributed by atoms with Gasteiger partial charge in [0.1, 0.15) is 0 Å². The van der Waals surface area contributed by atoms with E-state index in [1.807, 2.05) is 0 Å². The van der Waals surface area contributed by atoms with Crippen LogP contribution in [0.25, 0.3) is 0 Å². The Kier molecular flexibility index (Phi) is 3.79. The standard InChI is InChI=1S/C8H18N2S/c1-6(2)9-7(11)10-8(3,4)5/h6H,1-5H3,(H2,9,10,11). The number of hydrogen-bond donors (Lipinski definition) is 2. The molecule has 0 aliphatic carbocycles. The van der Waals surface area contributed by atoms with Gasteiger partial charge in [-0.3, -0.25) is 0 Å². The highest BCUT2D eigenvalue weighted by molar-refractivity contribution is 7.80. The lowest BCUT2D eigenvalue weighted by Crippen LogP contribution is -2.48. The van der Waals surface area contributed by atoms with E-state index in [-0.39, 0.29) is 5.54 Å². The monoisotopic (exact) mass is 174 g/mol. The highest BCUT2D eigenvalue weighted by Crippen LogP contribution is 1.97. The van der Waals surface area contributed by atoms with Crippen molar-refractivity contribution in [3.8, 4) is 0 Å². The van der Waals surface area contributed by atoms with Crippen LogP contribution in [0.15, 0.2) is 0 Å². The summed E-state index contributed by atoms with van der Waals surface area (Å²) in [6.07, 6.45) is 0. The Hall–Kier alpha value is -0.310. The van der Waals surface area contributed by atoms with E-state index in [0.29, 0.717) is 6.04 Å². The van der Waals surface area contributed by atoms with E-state index in [0.717, 1.165) is 5.11 Å². The first-order chi connectivity index (χ1) is 4.81. The summed E-state index contributed by atoms with van der Waals surface area (Å²) in [5, 5.41) is 7.02. The number of thiocarbonyl (C=S) groups is 1. The number of nitrogens with one attached hydrogen (secondary N) is 2. The van der Waals surface area contributed by atoms with Gasteiger partial charge in [-0.05, 0) is 46.8 Å². The summed E-state index contributed by atoms with van der Waals surface area (Å²) < 4.78 is 0. The van der Waals surface area contributed by atoms with Crippen molar-refractivity contribution in [2.24, 2.45) is 0 Å². The molecule has 0 spiro atoms. The van der Waals surface area contributed by atoms with Crippen LogP contribution in [-0.2, 0) is 0 Å². The average Bonchev–Trinajstić information content (AvgIpc) is 1.53. The minimum atomic E-state index is 0.0545. The molecule has 0 heterocycles. The summed E-state index contributed by atoms with van der Waals surface area (Å²) in [7, 11) is 0. The first-order valence-electron chi connectivity index (χ1n) is 3.90. The summed E-state index contributed by atoms with van der Waals surface area (Å²) in [6.45, 7) is 10.4. The SMILES string of the molecule is CC(C)NC(=S)NC(C)(C)C. The second-order valence-corrected chi connectivity index (χ2v) is 4.41. The second-order valence-electron chi connectivity index (χ2n) is 4.00. The molecule has 11 heavy (non-hydrogen) atoms. The Bertz CT molecular complexity index is 136. The molecule has 2 N–H and O–H groups in total. The lowest BCUT2D eigenvalue weighted by Gasteiger charge is -2.24. The van der Waals surface area contributed by atoms with E-state index in [1.165, 1.54) is 0 Å². The topological polar surface area (TPSA) is 24.1 Å². The van der Waals surface area contributed by atoms with E-state index < -0.39 is 0 Å². The molecule has 0 radical (unpaired) electrons. The van der Waals surface area contributed by atoms with Gasteiger partial charge in [-0.1, -0.05) is 0 Å². The van der Waals surface area contributed by atoms with Crippen molar-refractivity contribution in [2.75, 3.05) is 0 Å². The van der Waals surface area contributed by atoms with Crippen LogP contribution in [0.3, 0.4) is 0 Å². The Morgan fingerprint density at radius 2 is 1.73 bits per heavy atom. The number of hydrogen-bond acceptors (Lipinski definition) is 1. The molecule has 0 atom stereocenters. The van der Waals surface area contributed by atoms with Gasteiger partial charge in [-0.2, -0.15) is 0 Å². The summed E-state index contributed by atoms with van der Waals surface area (Å²) >= 11 is 5.06. The summed E-state index contributed by atoms with van der Waals surface area (Å²) in [5.41, 5.74) is 0.0545. The smallest absolute Gasteiger partial charge is 0.166 e. The summed E-state index contributed by atoms with van der Waals surface area (Å²) in [4.78, 5) is 0. The van der Waals surface area contributed by atoms with Crippen LogP contribution >= 0.6 is 12.2 Å². The molecular weight excluding hydrogens is 156 g/mol. The molecule has 0 fully saturated rings. The van der Waals surface area contributed by atoms with Crippen molar-refractivity contribution in [1.82, 2.24) is 10.6 Å². The molecule has 0 aliphatic heterocycles. The van der Waals surface area contributed by atoms with Gasteiger partial charge in [-0.25, -0.2) is 0 Å². The molecule has 0 unspecified atom stereocenters. The molecule has 0 aromatic carbocycles. The molecule has 0 amide bonds. The van der Waals surface area contributed by atoms with Crippen LogP contribution in [0, 0.1) is 0 Å². The third-order valence-electron chi connectivity index (χ3n) is 0.908. The van der Waals surface area contributed by atoms with Gasteiger partial charge in [0.05, 0.1) is 0 Å². The fraction of sp³-hybridized carbons (Fsp3) is 0.875. The molecule has 0 bridgehead atoms. The molecule has 0 rings (SSSR count). The van der Waals surface area contributed by atoms with Crippen molar-refractivity contribution in [2.45, 2.75) is 46.2 Å². The van der Waals surface area contributed by atoms with Crippen molar-refractivity contribution in [3.05, 3.63) is 0 Å². The van der Waals surface area contributed by atoms with Crippen molar-refractivity contribution >= 4 is 17.3 Å². The molecule has 0 saturated carbocycles. The molecule has 2 nitrogen and oxygen atoms in total. The van der Waals surface area contributed by atoms with Crippen LogP contribution in [0.4, 0.5) is 0 Å². The van der Waals surface area contributed by atoms with E-state index in [9.17, 15) is 0 Å². The molecule has 0 aromatic heterocycles. The van der Waals surface area contributed by atoms with Gasteiger partial charge in [-0.15, -0.1) is 0 Å². The lowest BCUT2D eigenvalue weighted by atomic mass is 10.1. The number of rotatable bonds is 1. The predicted octanol–water partition coefficient (Wildman–Crippen LogP) is 1.66. The van der Waals surface area contributed by atoms with E-state index in [1.54, 1.807) is 0 Å². The Balaban J connectivity index is 3.71. The minimum Gasteiger partial charge on any atom is -0.361 e. The largest absolute Gasteiger partial charge is 0.361 e. The van der Waals surface area contributed by atoms with Crippen molar-refractivity contribution in [3.63, 3.8) is 0 Å². The van der Waals surface area contributed by atoms with Gasteiger partial charge in [0.2, 0.25) is 0 Å². The molecular formula is C8H18N2S. The van der Waals surface area contributed by atoms with Crippen LogP contribution < -0.4 is 10.6 Å². The van der Waals surface area contributed by atoms with E-state index in [4.69, 9.17) is 12.2 Å². The lowest BCUT2D eigenvalue weighted by molar-refractivity contribution is 0.503. The van der Waals surface area contributed by atoms with Crippen LogP contribution in [0.1, 0.15) is 34.6 Å². The normalized spacial score (nSPS) is 11.5. The van der Waals surface area contributed by atoms with Gasteiger partial charge < -0.3 is 10.6 Å². The fourth-order valence-corrected chi connectivity index (χ4v) is 1.18. The maximum absolute atomic E-state index is 5.06. The van der Waals surface area contributed by atoms with E-state index in [2.05, 4.69) is 45.3 Å². The van der Waals surface area contributed by atoms with Gasteiger partial charge >= 0.3 is 0 Å².